The van der Waals surface area contributed by atoms with E-state index >= 15 is 0 Å². The lowest BCUT2D eigenvalue weighted by Crippen LogP contribution is -2.21. The molecule has 0 radical (unpaired) electrons. The number of rotatable bonds is 4. The number of aromatic nitrogens is 1. The Hall–Kier alpha value is -2.36. The zero-order valence-corrected chi connectivity index (χ0v) is 14.6. The molecule has 1 aromatic heterocycles. The number of ether oxygens (including phenoxy) is 2. The summed E-state index contributed by atoms with van der Waals surface area (Å²) < 4.78 is 10.9. The molecule has 0 saturated carbocycles. The second-order valence-corrected chi connectivity index (χ2v) is 5.58. The first-order valence-corrected chi connectivity index (χ1v) is 7.57. The molecule has 23 heavy (non-hydrogen) atoms. The van der Waals surface area contributed by atoms with Gasteiger partial charge in [0, 0.05) is 9.77 Å². The Balaban J connectivity index is 2.16. The monoisotopic (exact) mass is 427 g/mol. The van der Waals surface area contributed by atoms with Crippen LogP contribution in [0.2, 0.25) is 0 Å². The quantitative estimate of drug-likeness (QED) is 0.578. The van der Waals surface area contributed by atoms with E-state index in [1.807, 2.05) is 6.07 Å². The highest BCUT2D eigenvalue weighted by molar-refractivity contribution is 14.1. The van der Waals surface area contributed by atoms with Crippen molar-refractivity contribution >= 4 is 46.0 Å². The van der Waals surface area contributed by atoms with Crippen LogP contribution in [0.3, 0.4) is 0 Å². The van der Waals surface area contributed by atoms with Crippen LogP contribution in [-0.2, 0) is 4.74 Å². The molecular weight excluding hydrogens is 413 g/mol. The average Bonchev–Trinajstić information content (AvgIpc) is 2.56. The lowest BCUT2D eigenvalue weighted by molar-refractivity contribution is 0.0602. The smallest absolute Gasteiger partial charge is 0.340 e. The molecule has 0 unspecified atom stereocenters. The summed E-state index contributed by atoms with van der Waals surface area (Å²) in [4.78, 5) is 27.7. The van der Waals surface area contributed by atoms with Crippen molar-refractivity contribution in [2.75, 3.05) is 24.9 Å². The number of hydrogen-bond donors (Lipinski definition) is 2. The minimum absolute atomic E-state index is 0.215. The molecule has 2 rings (SSSR count). The Morgan fingerprint density at radius 3 is 2.57 bits per heavy atom. The number of nitrogens with one attached hydrogen (secondary N) is 2. The van der Waals surface area contributed by atoms with Gasteiger partial charge in [-0.2, -0.15) is 0 Å². The first-order chi connectivity index (χ1) is 11.0. The number of carbonyl (C=O) groups is 2. The molecule has 0 saturated heterocycles. The van der Waals surface area contributed by atoms with Crippen LogP contribution in [0.4, 0.5) is 16.2 Å². The van der Waals surface area contributed by atoms with Gasteiger partial charge >= 0.3 is 12.0 Å². The predicted molar refractivity (Wildman–Crippen MR) is 93.9 cm³/mol. The van der Waals surface area contributed by atoms with Gasteiger partial charge in [-0.3, -0.25) is 4.98 Å². The predicted octanol–water partition coefficient (Wildman–Crippen LogP) is 3.13. The van der Waals surface area contributed by atoms with Gasteiger partial charge in [-0.05, 0) is 46.9 Å². The maximum absolute atomic E-state index is 12.1. The van der Waals surface area contributed by atoms with Crippen LogP contribution < -0.4 is 15.4 Å². The highest BCUT2D eigenvalue weighted by atomic mass is 127. The Kier molecular flexibility index (Phi) is 5.74. The second-order valence-electron chi connectivity index (χ2n) is 4.34. The molecule has 0 atom stereocenters. The number of urea groups is 1. The number of nitrogens with zero attached hydrogens (tertiary/aromatic N) is 1. The van der Waals surface area contributed by atoms with Crippen molar-refractivity contribution in [3.8, 4) is 5.75 Å². The van der Waals surface area contributed by atoms with Gasteiger partial charge in [-0.1, -0.05) is 0 Å². The number of halogens is 1. The highest BCUT2D eigenvalue weighted by Crippen LogP contribution is 2.26. The Morgan fingerprint density at radius 2 is 1.87 bits per heavy atom. The molecule has 7 nitrogen and oxygen atoms in total. The Labute approximate surface area is 146 Å². The molecule has 2 aromatic rings. The number of benzene rings is 1. The Morgan fingerprint density at radius 1 is 1.13 bits per heavy atom. The number of pyridine rings is 1. The molecule has 0 aliphatic heterocycles. The summed E-state index contributed by atoms with van der Waals surface area (Å²) in [6, 6.07) is 6.29. The third kappa shape index (κ3) is 4.31. The molecule has 2 amide bonds. The molecular formula is C15H14IN3O4. The first kappa shape index (κ1) is 17.0. The summed E-state index contributed by atoms with van der Waals surface area (Å²) in [5, 5.41) is 5.23. The van der Waals surface area contributed by atoms with E-state index in [1.165, 1.54) is 32.7 Å². The van der Waals surface area contributed by atoms with E-state index in [1.54, 1.807) is 12.1 Å². The van der Waals surface area contributed by atoms with Gasteiger partial charge in [0.25, 0.3) is 0 Å². The molecule has 0 spiro atoms. The number of hydrogen-bond acceptors (Lipinski definition) is 5. The third-order valence-corrected chi connectivity index (χ3v) is 3.56. The zero-order chi connectivity index (χ0) is 16.8. The maximum Gasteiger partial charge on any atom is 0.340 e. The fourth-order valence-electron chi connectivity index (χ4n) is 1.83. The second kappa shape index (κ2) is 7.77. The van der Waals surface area contributed by atoms with Crippen LogP contribution in [0, 0.1) is 3.57 Å². The van der Waals surface area contributed by atoms with Gasteiger partial charge in [0.05, 0.1) is 37.4 Å². The minimum atomic E-state index is -0.561. The molecule has 8 heteroatoms. The summed E-state index contributed by atoms with van der Waals surface area (Å²) >= 11 is 2.15. The van der Waals surface area contributed by atoms with Gasteiger partial charge in [-0.25, -0.2) is 9.59 Å². The van der Waals surface area contributed by atoms with Crippen molar-refractivity contribution in [2.24, 2.45) is 0 Å². The molecule has 0 aliphatic rings. The van der Waals surface area contributed by atoms with E-state index in [0.717, 1.165) is 3.57 Å². The van der Waals surface area contributed by atoms with Crippen molar-refractivity contribution < 1.29 is 19.1 Å². The summed E-state index contributed by atoms with van der Waals surface area (Å²) in [7, 11) is 2.79. The fourth-order valence-corrected chi connectivity index (χ4v) is 2.29. The van der Waals surface area contributed by atoms with E-state index in [-0.39, 0.29) is 11.3 Å². The largest absolute Gasteiger partial charge is 0.495 e. The van der Waals surface area contributed by atoms with Gasteiger partial charge in [0.1, 0.15) is 5.75 Å². The first-order valence-electron chi connectivity index (χ1n) is 6.49. The highest BCUT2D eigenvalue weighted by Gasteiger charge is 2.14. The van der Waals surface area contributed by atoms with Gasteiger partial charge < -0.3 is 20.1 Å². The van der Waals surface area contributed by atoms with E-state index in [0.29, 0.717) is 11.4 Å². The molecule has 1 aromatic carbocycles. The molecule has 0 bridgehead atoms. The van der Waals surface area contributed by atoms with Crippen molar-refractivity contribution in [3.63, 3.8) is 0 Å². The summed E-state index contributed by atoms with van der Waals surface area (Å²) in [5.41, 5.74) is 0.975. The van der Waals surface area contributed by atoms with E-state index in [2.05, 4.69) is 42.9 Å². The molecule has 0 aliphatic carbocycles. The van der Waals surface area contributed by atoms with Gasteiger partial charge in [0.2, 0.25) is 0 Å². The third-order valence-electron chi connectivity index (χ3n) is 2.89. The molecule has 2 N–H and O–H groups in total. The van der Waals surface area contributed by atoms with Crippen molar-refractivity contribution in [1.82, 2.24) is 4.98 Å². The summed E-state index contributed by atoms with van der Waals surface area (Å²) in [5.74, 6) is -0.0269. The fraction of sp³-hybridized carbons (Fsp3) is 0.133. The van der Waals surface area contributed by atoms with Crippen LogP contribution in [0.25, 0.3) is 0 Å². The Bertz CT molecular complexity index is 736. The van der Waals surface area contributed by atoms with Crippen LogP contribution in [-0.4, -0.2) is 31.2 Å². The number of carbonyl (C=O) groups excluding carboxylic acids is 2. The SMILES string of the molecule is COC(=O)c1ccncc1NC(=O)Nc1ccc(I)cc1OC. The maximum atomic E-state index is 12.1. The van der Waals surface area contributed by atoms with Crippen LogP contribution in [0.5, 0.6) is 5.75 Å². The summed E-state index contributed by atoms with van der Waals surface area (Å²) in [6.45, 7) is 0. The topological polar surface area (TPSA) is 89.5 Å². The molecule has 120 valence electrons. The number of amides is 2. The number of esters is 1. The standard InChI is InChI=1S/C15H14IN3O4/c1-22-13-7-9(16)3-4-11(13)18-15(21)19-12-8-17-6-5-10(12)14(20)23-2/h3-8H,1-2H3,(H2,18,19,21). The van der Waals surface area contributed by atoms with Gasteiger partial charge in [-0.15, -0.1) is 0 Å². The van der Waals surface area contributed by atoms with Crippen molar-refractivity contribution in [1.29, 1.82) is 0 Å². The lowest BCUT2D eigenvalue weighted by atomic mass is 10.2. The van der Waals surface area contributed by atoms with Gasteiger partial charge in [0.15, 0.2) is 0 Å². The normalized spacial score (nSPS) is 9.87. The zero-order valence-electron chi connectivity index (χ0n) is 12.4. The van der Waals surface area contributed by atoms with Crippen LogP contribution >= 0.6 is 22.6 Å². The number of anilines is 2. The van der Waals surface area contributed by atoms with E-state index in [4.69, 9.17) is 4.74 Å². The lowest BCUT2D eigenvalue weighted by Gasteiger charge is -2.12. The van der Waals surface area contributed by atoms with Crippen LogP contribution in [0.15, 0.2) is 36.7 Å². The van der Waals surface area contributed by atoms with Crippen molar-refractivity contribution in [2.45, 2.75) is 0 Å². The average molecular weight is 427 g/mol. The van der Waals surface area contributed by atoms with Crippen molar-refractivity contribution in [3.05, 3.63) is 45.8 Å². The minimum Gasteiger partial charge on any atom is -0.495 e. The summed E-state index contributed by atoms with van der Waals surface area (Å²) in [6.07, 6.45) is 2.81. The number of methoxy groups -OCH3 is 2. The molecule has 0 fully saturated rings. The van der Waals surface area contributed by atoms with Crippen LogP contribution in [0.1, 0.15) is 10.4 Å². The van der Waals surface area contributed by atoms with E-state index in [9.17, 15) is 9.59 Å². The van der Waals surface area contributed by atoms with E-state index < -0.39 is 12.0 Å². The molecule has 1 heterocycles.